The number of methoxy groups -OCH3 is 2. The smallest absolute Gasteiger partial charge is 0.328 e. The lowest BCUT2D eigenvalue weighted by Crippen LogP contribution is -2.64. The number of hydrogen-bond acceptors (Lipinski definition) is 7. The molecule has 0 aliphatic carbocycles. The number of piperazine rings is 1. The zero-order valence-corrected chi connectivity index (χ0v) is 22.7. The lowest BCUT2D eigenvalue weighted by Gasteiger charge is -2.42. The van der Waals surface area contributed by atoms with Crippen LogP contribution >= 0.6 is 0 Å². The second-order valence-electron chi connectivity index (χ2n) is 9.97. The average Bonchev–Trinajstić information content (AvgIpc) is 3.00. The van der Waals surface area contributed by atoms with Crippen molar-refractivity contribution < 1.29 is 33.0 Å². The van der Waals surface area contributed by atoms with Crippen LogP contribution in [0.25, 0.3) is 0 Å². The van der Waals surface area contributed by atoms with Gasteiger partial charge in [0.1, 0.15) is 23.7 Å². The molecule has 2 aliphatic rings. The van der Waals surface area contributed by atoms with Crippen LogP contribution in [0.4, 0.5) is 4.39 Å². The third kappa shape index (κ3) is 6.95. The van der Waals surface area contributed by atoms with E-state index in [-0.39, 0.29) is 43.4 Å². The normalized spacial score (nSPS) is 18.5. The lowest BCUT2D eigenvalue weighted by atomic mass is 9.95. The minimum atomic E-state index is -1.03. The summed E-state index contributed by atoms with van der Waals surface area (Å²) in [5.41, 5.74) is 0.926. The number of hydrogen-bond donors (Lipinski definition) is 2. The fraction of sp³-hybridized carbons (Fsp3) is 0.448. The third-order valence-electron chi connectivity index (χ3n) is 7.41. The van der Waals surface area contributed by atoms with Gasteiger partial charge in [0.05, 0.1) is 20.8 Å². The Hall–Kier alpha value is -3.99. The highest BCUT2D eigenvalue weighted by molar-refractivity contribution is 5.96. The Morgan fingerprint density at radius 1 is 1.05 bits per heavy atom. The number of halogens is 1. The molecular formula is C29H35FN4O6. The zero-order valence-electron chi connectivity index (χ0n) is 22.7. The van der Waals surface area contributed by atoms with Crippen LogP contribution in [0.3, 0.4) is 0 Å². The second kappa shape index (κ2) is 13.4. The highest BCUT2D eigenvalue weighted by Crippen LogP contribution is 2.22. The summed E-state index contributed by atoms with van der Waals surface area (Å²) < 4.78 is 23.9. The lowest BCUT2D eigenvalue weighted by molar-refractivity contribution is -0.149. The first-order valence-corrected chi connectivity index (χ1v) is 13.4. The van der Waals surface area contributed by atoms with Gasteiger partial charge < -0.3 is 29.9 Å². The maximum Gasteiger partial charge on any atom is 0.328 e. The van der Waals surface area contributed by atoms with Gasteiger partial charge in [0.25, 0.3) is 5.91 Å². The summed E-state index contributed by atoms with van der Waals surface area (Å²) in [6.45, 7) is 1.66. The van der Waals surface area contributed by atoms with E-state index in [1.807, 2.05) is 0 Å². The maximum atomic E-state index is 13.8. The number of nitrogens with zero attached hydrogens (tertiary/aromatic N) is 2. The van der Waals surface area contributed by atoms with Gasteiger partial charge in [0.15, 0.2) is 0 Å². The van der Waals surface area contributed by atoms with Gasteiger partial charge in [-0.2, -0.15) is 0 Å². The molecule has 3 amide bonds. The van der Waals surface area contributed by atoms with Crippen molar-refractivity contribution in [1.82, 2.24) is 20.4 Å². The average molecular weight is 555 g/mol. The van der Waals surface area contributed by atoms with E-state index in [1.54, 1.807) is 31.4 Å². The fourth-order valence-corrected chi connectivity index (χ4v) is 5.16. The monoisotopic (exact) mass is 554 g/mol. The number of benzene rings is 2. The van der Waals surface area contributed by atoms with E-state index in [0.29, 0.717) is 31.7 Å². The first kappa shape index (κ1) is 29.0. The predicted molar refractivity (Wildman–Crippen MR) is 144 cm³/mol. The van der Waals surface area contributed by atoms with E-state index in [1.165, 1.54) is 35.1 Å². The summed E-state index contributed by atoms with van der Waals surface area (Å²) in [7, 11) is 2.79. The Labute approximate surface area is 232 Å². The van der Waals surface area contributed by atoms with Gasteiger partial charge >= 0.3 is 5.97 Å². The van der Waals surface area contributed by atoms with E-state index in [0.717, 1.165) is 11.6 Å². The number of nitrogens with one attached hydrogen (secondary N) is 2. The molecular weight excluding hydrogens is 519 g/mol. The second-order valence-corrected chi connectivity index (χ2v) is 9.97. The number of esters is 1. The number of ether oxygens (including phenoxy) is 2. The molecule has 10 nitrogen and oxygen atoms in total. The van der Waals surface area contributed by atoms with Crippen molar-refractivity contribution in [2.24, 2.45) is 5.92 Å². The number of piperidine rings is 1. The Morgan fingerprint density at radius 2 is 1.77 bits per heavy atom. The van der Waals surface area contributed by atoms with E-state index >= 15 is 0 Å². The molecule has 0 saturated carbocycles. The van der Waals surface area contributed by atoms with Gasteiger partial charge in [-0.25, -0.2) is 9.18 Å². The van der Waals surface area contributed by atoms with Crippen LogP contribution in [0.5, 0.6) is 5.75 Å². The van der Waals surface area contributed by atoms with Crippen LogP contribution < -0.4 is 15.4 Å². The molecule has 0 spiro atoms. The van der Waals surface area contributed by atoms with Crippen LogP contribution in [0, 0.1) is 11.7 Å². The summed E-state index contributed by atoms with van der Waals surface area (Å²) in [4.78, 5) is 56.1. The van der Waals surface area contributed by atoms with Gasteiger partial charge in [-0.15, -0.1) is 0 Å². The topological polar surface area (TPSA) is 117 Å². The molecule has 2 aromatic carbocycles. The van der Waals surface area contributed by atoms with Gasteiger partial charge in [0, 0.05) is 31.0 Å². The quantitative estimate of drug-likeness (QED) is 0.474. The summed E-state index contributed by atoms with van der Waals surface area (Å²) in [5.74, 6) is -1.91. The molecule has 40 heavy (non-hydrogen) atoms. The number of carbonyl (C=O) groups is 4. The first-order valence-electron chi connectivity index (χ1n) is 13.4. The van der Waals surface area contributed by atoms with Crippen molar-refractivity contribution in [3.63, 3.8) is 0 Å². The Bertz CT molecular complexity index is 1220. The van der Waals surface area contributed by atoms with Crippen molar-refractivity contribution >= 4 is 23.7 Å². The summed E-state index contributed by atoms with van der Waals surface area (Å²) in [6.07, 6.45) is 1.46. The standard InChI is InChI=1S/C29H35FN4O6/c1-39-23-8-6-19(7-9-23)16-24(29(38)40-2)32-26(35)25-18-33(27(36)21-4-3-5-22(30)17-21)14-15-34(25)28(37)20-10-12-31-13-11-20/h3-9,17,20,24-25,31H,10-16,18H2,1-2H3,(H,32,35)/t24-,25-/m0/s1. The highest BCUT2D eigenvalue weighted by atomic mass is 19.1. The van der Waals surface area contributed by atoms with Crippen LogP contribution in [-0.2, 0) is 25.5 Å². The van der Waals surface area contributed by atoms with E-state index < -0.39 is 35.7 Å². The van der Waals surface area contributed by atoms with Gasteiger partial charge in [-0.05, 0) is 61.8 Å². The molecule has 2 N–H and O–H groups in total. The highest BCUT2D eigenvalue weighted by Gasteiger charge is 2.40. The zero-order chi connectivity index (χ0) is 28.6. The molecule has 214 valence electrons. The predicted octanol–water partition coefficient (Wildman–Crippen LogP) is 1.39. The van der Waals surface area contributed by atoms with Crippen LogP contribution in [-0.4, -0.2) is 92.5 Å². The number of rotatable bonds is 8. The van der Waals surface area contributed by atoms with E-state index in [9.17, 15) is 23.6 Å². The van der Waals surface area contributed by atoms with Crippen LogP contribution in [0.15, 0.2) is 48.5 Å². The van der Waals surface area contributed by atoms with Gasteiger partial charge in [0.2, 0.25) is 11.8 Å². The molecule has 2 aromatic rings. The summed E-state index contributed by atoms with van der Waals surface area (Å²) in [6, 6.07) is 10.4. The van der Waals surface area contributed by atoms with Gasteiger partial charge in [-0.3, -0.25) is 14.4 Å². The summed E-state index contributed by atoms with van der Waals surface area (Å²) >= 11 is 0. The number of carbonyl (C=O) groups excluding carboxylic acids is 4. The molecule has 2 fully saturated rings. The van der Waals surface area contributed by atoms with Crippen molar-refractivity contribution in [2.45, 2.75) is 31.3 Å². The Kier molecular flexibility index (Phi) is 9.70. The molecule has 2 heterocycles. The van der Waals surface area contributed by atoms with Crippen molar-refractivity contribution in [3.05, 3.63) is 65.5 Å². The van der Waals surface area contributed by atoms with E-state index in [2.05, 4.69) is 10.6 Å². The van der Waals surface area contributed by atoms with Crippen LogP contribution in [0.2, 0.25) is 0 Å². The third-order valence-corrected chi connectivity index (χ3v) is 7.41. The van der Waals surface area contributed by atoms with Crippen molar-refractivity contribution in [3.8, 4) is 5.75 Å². The summed E-state index contributed by atoms with van der Waals surface area (Å²) in [5, 5.41) is 6.00. The molecule has 0 bridgehead atoms. The molecule has 4 rings (SSSR count). The van der Waals surface area contributed by atoms with Crippen molar-refractivity contribution in [1.29, 1.82) is 0 Å². The largest absolute Gasteiger partial charge is 0.497 e. The van der Waals surface area contributed by atoms with Crippen molar-refractivity contribution in [2.75, 3.05) is 46.9 Å². The minimum Gasteiger partial charge on any atom is -0.497 e. The molecule has 11 heteroatoms. The Morgan fingerprint density at radius 3 is 2.42 bits per heavy atom. The molecule has 0 radical (unpaired) electrons. The number of amides is 3. The molecule has 2 atom stereocenters. The van der Waals surface area contributed by atoms with Crippen LogP contribution in [0.1, 0.15) is 28.8 Å². The maximum absolute atomic E-state index is 13.8. The fourth-order valence-electron chi connectivity index (χ4n) is 5.16. The SMILES string of the molecule is COC(=O)[C@H](Cc1ccc(OC)cc1)NC(=O)[C@@H]1CN(C(=O)c2cccc(F)c2)CCN1C(=O)C1CCNCC1. The molecule has 0 aromatic heterocycles. The molecule has 2 aliphatic heterocycles. The van der Waals surface area contributed by atoms with E-state index in [4.69, 9.17) is 9.47 Å². The first-order chi connectivity index (χ1) is 19.3. The molecule has 2 saturated heterocycles. The van der Waals surface area contributed by atoms with Gasteiger partial charge in [-0.1, -0.05) is 18.2 Å². The molecule has 0 unspecified atom stereocenters. The minimum absolute atomic E-state index is 0.0890. The Balaban J connectivity index is 1.56.